The first-order valence-corrected chi connectivity index (χ1v) is 11.8. The molecule has 0 aliphatic heterocycles. The highest BCUT2D eigenvalue weighted by Gasteiger charge is 2.17. The number of anilines is 1. The standard InChI is InChI=1S/C28H31N3O5/c1-33-21-12-8-19(9-13-21)28-30-24-17-23(29)26(36-16-6-4-5-7-27(32)35-3)18-25(24)31(28)20-10-14-22(34-2)15-11-20/h8-15,17-18H,4-7,16,29H2,1-3H3. The third kappa shape index (κ3) is 5.54. The summed E-state index contributed by atoms with van der Waals surface area (Å²) in [6, 6.07) is 19.4. The van der Waals surface area contributed by atoms with Crippen LogP contribution in [0.3, 0.4) is 0 Å². The van der Waals surface area contributed by atoms with E-state index >= 15 is 0 Å². The minimum absolute atomic E-state index is 0.190. The Bertz CT molecular complexity index is 1310. The van der Waals surface area contributed by atoms with Gasteiger partial charge in [-0.2, -0.15) is 0 Å². The van der Waals surface area contributed by atoms with Gasteiger partial charge in [-0.25, -0.2) is 4.98 Å². The number of hydrogen-bond acceptors (Lipinski definition) is 7. The first-order chi connectivity index (χ1) is 17.5. The van der Waals surface area contributed by atoms with Crippen molar-refractivity contribution in [3.05, 3.63) is 60.7 Å². The SMILES string of the molecule is COC(=O)CCCCCOc1cc2c(cc1N)nc(-c1ccc(OC)cc1)n2-c1ccc(OC)cc1. The van der Waals surface area contributed by atoms with Crippen LogP contribution in [0, 0.1) is 0 Å². The molecule has 2 N–H and O–H groups in total. The Hall–Kier alpha value is -4.20. The summed E-state index contributed by atoms with van der Waals surface area (Å²) in [5.74, 6) is 2.74. The van der Waals surface area contributed by atoms with Crippen molar-refractivity contribution in [2.45, 2.75) is 25.7 Å². The molecule has 0 amide bonds. The second kappa shape index (κ2) is 11.5. The summed E-state index contributed by atoms with van der Waals surface area (Å²) >= 11 is 0. The van der Waals surface area contributed by atoms with Crippen molar-refractivity contribution < 1.29 is 23.7 Å². The van der Waals surface area contributed by atoms with Gasteiger partial charge in [0.2, 0.25) is 0 Å². The third-order valence-corrected chi connectivity index (χ3v) is 5.98. The number of nitrogen functional groups attached to an aromatic ring is 1. The lowest BCUT2D eigenvalue weighted by Gasteiger charge is -2.13. The Kier molecular flexibility index (Phi) is 7.95. The van der Waals surface area contributed by atoms with E-state index in [0.717, 1.165) is 58.9 Å². The Balaban J connectivity index is 1.66. The van der Waals surface area contributed by atoms with E-state index in [1.165, 1.54) is 7.11 Å². The second-order valence-corrected chi connectivity index (χ2v) is 8.31. The molecule has 0 saturated heterocycles. The van der Waals surface area contributed by atoms with Crippen LogP contribution in [0.2, 0.25) is 0 Å². The largest absolute Gasteiger partial charge is 0.497 e. The molecule has 1 heterocycles. The molecule has 0 spiro atoms. The van der Waals surface area contributed by atoms with Gasteiger partial charge in [-0.3, -0.25) is 9.36 Å². The van der Waals surface area contributed by atoms with E-state index in [9.17, 15) is 4.79 Å². The Morgan fingerprint density at radius 2 is 1.56 bits per heavy atom. The highest BCUT2D eigenvalue weighted by Crippen LogP contribution is 2.35. The maximum atomic E-state index is 11.3. The van der Waals surface area contributed by atoms with Crippen molar-refractivity contribution in [1.29, 1.82) is 0 Å². The molecule has 188 valence electrons. The van der Waals surface area contributed by atoms with Crippen molar-refractivity contribution >= 4 is 22.7 Å². The molecule has 0 saturated carbocycles. The van der Waals surface area contributed by atoms with Gasteiger partial charge in [-0.15, -0.1) is 0 Å². The number of rotatable bonds is 11. The first-order valence-electron chi connectivity index (χ1n) is 11.8. The molecule has 4 rings (SSSR count). The number of benzene rings is 3. The number of carbonyl (C=O) groups excluding carboxylic acids is 1. The average molecular weight is 490 g/mol. The van der Waals surface area contributed by atoms with E-state index in [1.807, 2.05) is 60.7 Å². The van der Waals surface area contributed by atoms with Gasteiger partial charge in [-0.1, -0.05) is 0 Å². The summed E-state index contributed by atoms with van der Waals surface area (Å²) in [5, 5.41) is 0. The van der Waals surface area contributed by atoms with Gasteiger partial charge in [0, 0.05) is 23.7 Å². The molecule has 4 aromatic rings. The van der Waals surface area contributed by atoms with Gasteiger partial charge < -0.3 is 24.7 Å². The van der Waals surface area contributed by atoms with Gasteiger partial charge in [0.15, 0.2) is 0 Å². The predicted molar refractivity (Wildman–Crippen MR) is 140 cm³/mol. The van der Waals surface area contributed by atoms with Crippen LogP contribution in [0.15, 0.2) is 60.7 Å². The number of aromatic nitrogens is 2. The number of hydrogen-bond donors (Lipinski definition) is 1. The molecule has 0 radical (unpaired) electrons. The summed E-state index contributed by atoms with van der Waals surface area (Å²) in [6.07, 6.45) is 2.85. The molecule has 0 bridgehead atoms. The zero-order chi connectivity index (χ0) is 25.5. The topological polar surface area (TPSA) is 97.8 Å². The molecule has 0 fully saturated rings. The molecule has 0 unspecified atom stereocenters. The maximum absolute atomic E-state index is 11.3. The molecular weight excluding hydrogens is 458 g/mol. The summed E-state index contributed by atoms with van der Waals surface area (Å²) in [6.45, 7) is 0.499. The maximum Gasteiger partial charge on any atom is 0.305 e. The molecular formula is C28H31N3O5. The number of ether oxygens (including phenoxy) is 4. The highest BCUT2D eigenvalue weighted by molar-refractivity contribution is 5.88. The van der Waals surface area contributed by atoms with Gasteiger partial charge in [0.05, 0.1) is 44.7 Å². The van der Waals surface area contributed by atoms with Gasteiger partial charge >= 0.3 is 5.97 Å². The van der Waals surface area contributed by atoms with Crippen LogP contribution in [-0.2, 0) is 9.53 Å². The number of carbonyl (C=O) groups is 1. The van der Waals surface area contributed by atoms with Crippen molar-refractivity contribution in [2.75, 3.05) is 33.7 Å². The van der Waals surface area contributed by atoms with Crippen LogP contribution in [0.25, 0.3) is 28.1 Å². The molecule has 0 atom stereocenters. The number of methoxy groups -OCH3 is 3. The van der Waals surface area contributed by atoms with Crippen LogP contribution in [0.4, 0.5) is 5.69 Å². The highest BCUT2D eigenvalue weighted by atomic mass is 16.5. The van der Waals surface area contributed by atoms with Gasteiger partial charge in [-0.05, 0) is 73.9 Å². The summed E-state index contributed by atoms with van der Waals surface area (Å²) in [4.78, 5) is 16.2. The molecule has 8 heteroatoms. The first kappa shape index (κ1) is 24.9. The number of imidazole rings is 1. The fourth-order valence-electron chi connectivity index (χ4n) is 4.00. The minimum atomic E-state index is -0.190. The third-order valence-electron chi connectivity index (χ3n) is 5.98. The Morgan fingerprint density at radius 3 is 2.19 bits per heavy atom. The summed E-state index contributed by atoms with van der Waals surface area (Å²) in [7, 11) is 4.69. The second-order valence-electron chi connectivity index (χ2n) is 8.31. The zero-order valence-corrected chi connectivity index (χ0v) is 20.8. The van der Waals surface area contributed by atoms with E-state index in [-0.39, 0.29) is 5.97 Å². The average Bonchev–Trinajstić information content (AvgIpc) is 3.28. The van der Waals surface area contributed by atoms with E-state index in [0.29, 0.717) is 24.5 Å². The minimum Gasteiger partial charge on any atom is -0.497 e. The Labute approximate surface area is 210 Å². The van der Waals surface area contributed by atoms with E-state index < -0.39 is 0 Å². The molecule has 1 aromatic heterocycles. The molecule has 8 nitrogen and oxygen atoms in total. The zero-order valence-electron chi connectivity index (χ0n) is 20.8. The Morgan fingerprint density at radius 1 is 0.889 bits per heavy atom. The number of nitrogens with two attached hydrogens (primary N) is 1. The van der Waals surface area contributed by atoms with Crippen LogP contribution in [0.1, 0.15) is 25.7 Å². The van der Waals surface area contributed by atoms with Crippen molar-refractivity contribution in [2.24, 2.45) is 0 Å². The smallest absolute Gasteiger partial charge is 0.305 e. The van der Waals surface area contributed by atoms with Crippen LogP contribution in [0.5, 0.6) is 17.2 Å². The number of esters is 1. The number of unbranched alkanes of at least 4 members (excludes halogenated alkanes) is 2. The molecule has 36 heavy (non-hydrogen) atoms. The van der Waals surface area contributed by atoms with Gasteiger partial charge in [0.1, 0.15) is 23.1 Å². The van der Waals surface area contributed by atoms with E-state index in [4.69, 9.17) is 24.9 Å². The van der Waals surface area contributed by atoms with Gasteiger partial charge in [0.25, 0.3) is 0 Å². The van der Waals surface area contributed by atoms with Crippen molar-refractivity contribution in [3.8, 4) is 34.3 Å². The van der Waals surface area contributed by atoms with Crippen LogP contribution < -0.4 is 19.9 Å². The van der Waals surface area contributed by atoms with Crippen molar-refractivity contribution in [1.82, 2.24) is 9.55 Å². The van der Waals surface area contributed by atoms with Crippen LogP contribution >= 0.6 is 0 Å². The quantitative estimate of drug-likeness (QED) is 0.171. The van der Waals surface area contributed by atoms with E-state index in [2.05, 4.69) is 9.30 Å². The lowest BCUT2D eigenvalue weighted by Crippen LogP contribution is -2.03. The van der Waals surface area contributed by atoms with E-state index in [1.54, 1.807) is 14.2 Å². The summed E-state index contributed by atoms with van der Waals surface area (Å²) < 4.78 is 23.5. The van der Waals surface area contributed by atoms with Crippen molar-refractivity contribution in [3.63, 3.8) is 0 Å². The normalized spacial score (nSPS) is 10.9. The van der Waals surface area contributed by atoms with Crippen LogP contribution in [-0.4, -0.2) is 43.5 Å². The predicted octanol–water partition coefficient (Wildman–Crippen LogP) is 5.40. The fraction of sp³-hybridized carbons (Fsp3) is 0.286. The fourth-order valence-corrected chi connectivity index (χ4v) is 4.00. The summed E-state index contributed by atoms with van der Waals surface area (Å²) in [5.41, 5.74) is 10.4. The lowest BCUT2D eigenvalue weighted by molar-refractivity contribution is -0.140. The molecule has 0 aliphatic rings. The monoisotopic (exact) mass is 489 g/mol. The lowest BCUT2D eigenvalue weighted by atomic mass is 10.2. The molecule has 3 aromatic carbocycles. The molecule has 0 aliphatic carbocycles. The number of fused-ring (bicyclic) bond motifs is 1. The number of nitrogens with zero attached hydrogens (tertiary/aromatic N) is 2.